The zero-order chi connectivity index (χ0) is 19.4. The molecule has 6 nitrogen and oxygen atoms in total. The minimum Gasteiger partial charge on any atom is -0.370 e. The number of nitrogens with zero attached hydrogens (tertiary/aromatic N) is 3. The Morgan fingerprint density at radius 1 is 1.44 bits per heavy atom. The van der Waals surface area contributed by atoms with Crippen LogP contribution in [0.3, 0.4) is 0 Å². The number of ether oxygens (including phenoxy) is 1. The molecular formula is C21H34N4O2. The fraction of sp³-hybridized carbons (Fsp3) is 0.810. The van der Waals surface area contributed by atoms with Crippen molar-refractivity contribution in [1.29, 1.82) is 0 Å². The fourth-order valence-corrected chi connectivity index (χ4v) is 5.56. The highest BCUT2D eigenvalue weighted by atomic mass is 16.5. The van der Waals surface area contributed by atoms with Gasteiger partial charge in [-0.25, -0.2) is 0 Å². The summed E-state index contributed by atoms with van der Waals surface area (Å²) in [5.74, 6) is 0.930. The van der Waals surface area contributed by atoms with E-state index in [4.69, 9.17) is 4.74 Å². The van der Waals surface area contributed by atoms with Crippen molar-refractivity contribution in [3.05, 3.63) is 18.0 Å². The molecule has 6 heteroatoms. The Morgan fingerprint density at radius 2 is 2.22 bits per heavy atom. The SMILES string of the molecule is CC(C)n1nccc1C(=O)NC[C@H]1[C@H]2CN(CC(C)(C)C)C[C@]23CC[C@H]1O3. The first-order valence-electron chi connectivity index (χ1n) is 10.4. The average molecular weight is 375 g/mol. The van der Waals surface area contributed by atoms with Crippen molar-refractivity contribution < 1.29 is 9.53 Å². The predicted octanol–water partition coefficient (Wildman–Crippen LogP) is 2.72. The maximum Gasteiger partial charge on any atom is 0.269 e. The molecule has 0 unspecified atom stereocenters. The number of likely N-dealkylation sites (tertiary alicyclic amines) is 1. The molecular weight excluding hydrogens is 340 g/mol. The van der Waals surface area contributed by atoms with Crippen molar-refractivity contribution in [3.8, 4) is 0 Å². The number of nitrogens with one attached hydrogen (secondary N) is 1. The molecule has 0 aliphatic carbocycles. The van der Waals surface area contributed by atoms with Crippen molar-refractivity contribution in [2.75, 3.05) is 26.2 Å². The van der Waals surface area contributed by atoms with E-state index in [9.17, 15) is 4.79 Å². The molecule has 27 heavy (non-hydrogen) atoms. The minimum absolute atomic E-state index is 0.0254. The maximum absolute atomic E-state index is 12.7. The molecule has 1 spiro atoms. The van der Waals surface area contributed by atoms with Crippen molar-refractivity contribution in [2.45, 2.75) is 65.2 Å². The molecule has 3 aliphatic heterocycles. The van der Waals surface area contributed by atoms with Gasteiger partial charge in [-0.3, -0.25) is 14.4 Å². The van der Waals surface area contributed by atoms with Crippen molar-refractivity contribution in [1.82, 2.24) is 20.0 Å². The van der Waals surface area contributed by atoms with Crippen LogP contribution < -0.4 is 5.32 Å². The third-order valence-corrected chi connectivity index (χ3v) is 6.44. The molecule has 3 saturated heterocycles. The summed E-state index contributed by atoms with van der Waals surface area (Å²) in [6.07, 6.45) is 4.31. The van der Waals surface area contributed by atoms with E-state index in [1.807, 2.05) is 13.8 Å². The summed E-state index contributed by atoms with van der Waals surface area (Å²) in [5, 5.41) is 7.46. The highest BCUT2D eigenvalue weighted by Gasteiger charge is 2.62. The number of carbonyl (C=O) groups excluding carboxylic acids is 1. The van der Waals surface area contributed by atoms with Crippen LogP contribution in [0, 0.1) is 17.3 Å². The zero-order valence-electron chi connectivity index (χ0n) is 17.4. The lowest BCUT2D eigenvalue weighted by molar-refractivity contribution is 0.000431. The van der Waals surface area contributed by atoms with E-state index in [1.54, 1.807) is 16.9 Å². The van der Waals surface area contributed by atoms with Crippen LogP contribution in [0.25, 0.3) is 0 Å². The molecule has 4 heterocycles. The van der Waals surface area contributed by atoms with Gasteiger partial charge in [-0.05, 0) is 38.2 Å². The second-order valence-corrected chi connectivity index (χ2v) is 10.2. The van der Waals surface area contributed by atoms with E-state index in [0.29, 0.717) is 35.6 Å². The standard InChI is InChI=1S/C21H34N4O2/c1-14(2)25-17(7-9-23-25)19(26)22-10-15-16-11-24(12-20(3,4)5)13-21(16)8-6-18(15)27-21/h7,9,14-16,18H,6,8,10-13H2,1-5H3,(H,22,26)/t15-,16+,18+,21+/m0/s1. The Hall–Kier alpha value is -1.40. The molecule has 0 aromatic carbocycles. The third-order valence-electron chi connectivity index (χ3n) is 6.44. The van der Waals surface area contributed by atoms with Gasteiger partial charge in [-0.2, -0.15) is 5.10 Å². The van der Waals surface area contributed by atoms with Gasteiger partial charge in [0, 0.05) is 50.3 Å². The summed E-state index contributed by atoms with van der Waals surface area (Å²) in [5.41, 5.74) is 0.974. The third kappa shape index (κ3) is 3.42. The molecule has 0 radical (unpaired) electrons. The molecule has 3 aliphatic rings. The summed E-state index contributed by atoms with van der Waals surface area (Å²) in [6.45, 7) is 14.9. The van der Waals surface area contributed by atoms with Crippen LogP contribution in [0.1, 0.15) is 64.0 Å². The summed E-state index contributed by atoms with van der Waals surface area (Å²) in [4.78, 5) is 15.3. The Bertz CT molecular complexity index is 707. The fourth-order valence-electron chi connectivity index (χ4n) is 5.56. The Labute approximate surface area is 162 Å². The summed E-state index contributed by atoms with van der Waals surface area (Å²) in [6, 6.07) is 1.98. The molecule has 1 amide bonds. The summed E-state index contributed by atoms with van der Waals surface area (Å²) < 4.78 is 8.30. The topological polar surface area (TPSA) is 59.4 Å². The molecule has 4 rings (SSSR count). The number of carbonyl (C=O) groups is 1. The molecule has 4 atom stereocenters. The van der Waals surface area contributed by atoms with E-state index in [-0.39, 0.29) is 17.6 Å². The molecule has 1 aromatic heterocycles. The first-order chi connectivity index (χ1) is 12.7. The molecule has 150 valence electrons. The number of hydrogen-bond acceptors (Lipinski definition) is 4. The summed E-state index contributed by atoms with van der Waals surface area (Å²) in [7, 11) is 0. The van der Waals surface area contributed by atoms with E-state index in [1.165, 1.54) is 6.42 Å². The minimum atomic E-state index is -0.0254. The van der Waals surface area contributed by atoms with Gasteiger partial charge in [0.05, 0.1) is 11.7 Å². The lowest BCUT2D eigenvalue weighted by atomic mass is 9.73. The highest BCUT2D eigenvalue weighted by molar-refractivity contribution is 5.92. The van der Waals surface area contributed by atoms with E-state index in [2.05, 4.69) is 36.1 Å². The van der Waals surface area contributed by atoms with Crippen LogP contribution in [0.15, 0.2) is 12.3 Å². The number of fused-ring (bicyclic) bond motifs is 1. The largest absolute Gasteiger partial charge is 0.370 e. The van der Waals surface area contributed by atoms with Crippen LogP contribution in [-0.4, -0.2) is 58.5 Å². The van der Waals surface area contributed by atoms with Crippen molar-refractivity contribution >= 4 is 5.91 Å². The predicted molar refractivity (Wildman–Crippen MR) is 105 cm³/mol. The van der Waals surface area contributed by atoms with Gasteiger partial charge in [0.15, 0.2) is 0 Å². The van der Waals surface area contributed by atoms with Crippen molar-refractivity contribution in [2.24, 2.45) is 17.3 Å². The lowest BCUT2D eigenvalue weighted by Gasteiger charge is -2.29. The second-order valence-electron chi connectivity index (χ2n) is 10.2. The van der Waals surface area contributed by atoms with Crippen LogP contribution in [0.2, 0.25) is 0 Å². The van der Waals surface area contributed by atoms with Gasteiger partial charge in [-0.15, -0.1) is 0 Å². The Kier molecular flexibility index (Phi) is 4.62. The van der Waals surface area contributed by atoms with Gasteiger partial charge in [0.1, 0.15) is 5.69 Å². The Balaban J connectivity index is 1.41. The van der Waals surface area contributed by atoms with Gasteiger partial charge >= 0.3 is 0 Å². The normalized spacial score (nSPS) is 33.0. The quantitative estimate of drug-likeness (QED) is 0.861. The van der Waals surface area contributed by atoms with Crippen LogP contribution in [-0.2, 0) is 4.74 Å². The van der Waals surface area contributed by atoms with Gasteiger partial charge in [-0.1, -0.05) is 20.8 Å². The number of hydrogen-bond donors (Lipinski definition) is 1. The molecule has 2 bridgehead atoms. The smallest absolute Gasteiger partial charge is 0.269 e. The maximum atomic E-state index is 12.7. The first kappa shape index (κ1) is 18.9. The van der Waals surface area contributed by atoms with E-state index < -0.39 is 0 Å². The number of rotatable bonds is 5. The number of aromatic nitrogens is 2. The molecule has 1 N–H and O–H groups in total. The van der Waals surface area contributed by atoms with Crippen LogP contribution in [0.5, 0.6) is 0 Å². The average Bonchev–Trinajstić information content (AvgIpc) is 3.29. The van der Waals surface area contributed by atoms with Crippen molar-refractivity contribution in [3.63, 3.8) is 0 Å². The van der Waals surface area contributed by atoms with E-state index in [0.717, 1.165) is 26.1 Å². The van der Waals surface area contributed by atoms with Gasteiger partial charge in [0.2, 0.25) is 0 Å². The Morgan fingerprint density at radius 3 is 2.93 bits per heavy atom. The zero-order valence-corrected chi connectivity index (χ0v) is 17.4. The molecule has 1 aromatic rings. The second kappa shape index (κ2) is 6.59. The first-order valence-corrected chi connectivity index (χ1v) is 10.4. The monoisotopic (exact) mass is 374 g/mol. The lowest BCUT2D eigenvalue weighted by Crippen LogP contribution is -2.42. The van der Waals surface area contributed by atoms with Gasteiger partial charge < -0.3 is 10.1 Å². The van der Waals surface area contributed by atoms with Crippen LogP contribution >= 0.6 is 0 Å². The number of amides is 1. The van der Waals surface area contributed by atoms with Gasteiger partial charge in [0.25, 0.3) is 5.91 Å². The molecule has 0 saturated carbocycles. The van der Waals surface area contributed by atoms with E-state index >= 15 is 0 Å². The highest BCUT2D eigenvalue weighted by Crippen LogP contribution is 2.54. The molecule has 3 fully saturated rings. The van der Waals surface area contributed by atoms with Crippen LogP contribution in [0.4, 0.5) is 0 Å². The summed E-state index contributed by atoms with van der Waals surface area (Å²) >= 11 is 0.